The number of benzene rings is 2. The minimum absolute atomic E-state index is 0.0187. The largest absolute Gasteiger partial charge is 0.474 e. The van der Waals surface area contributed by atoms with Crippen molar-refractivity contribution in [2.45, 2.75) is 19.5 Å². The molecule has 0 N–H and O–H groups in total. The number of hydrogen-bond donors (Lipinski definition) is 0. The summed E-state index contributed by atoms with van der Waals surface area (Å²) in [5.41, 5.74) is 3.72. The third kappa shape index (κ3) is 3.53. The summed E-state index contributed by atoms with van der Waals surface area (Å²) in [6.45, 7) is 3.02. The Morgan fingerprint density at radius 3 is 2.67 bits per heavy atom. The Morgan fingerprint density at radius 2 is 1.83 bits per heavy atom. The van der Waals surface area contributed by atoms with Crippen molar-refractivity contribution in [3.05, 3.63) is 101 Å². The highest BCUT2D eigenvalue weighted by Crippen LogP contribution is 2.29. The topological polar surface area (TPSA) is 52.5 Å². The van der Waals surface area contributed by atoms with Crippen molar-refractivity contribution in [1.82, 2.24) is 9.55 Å². The van der Waals surface area contributed by atoms with Crippen LogP contribution in [0.1, 0.15) is 28.8 Å². The van der Waals surface area contributed by atoms with E-state index in [0.717, 1.165) is 28.3 Å². The van der Waals surface area contributed by atoms with Crippen LogP contribution in [0.4, 0.5) is 0 Å². The molecule has 0 fully saturated rings. The molecule has 5 rings (SSSR count). The molecule has 0 spiro atoms. The molecule has 2 aromatic carbocycles. The number of aryl methyl sites for hydroxylation is 1. The van der Waals surface area contributed by atoms with Gasteiger partial charge >= 0.3 is 0 Å². The fourth-order valence-electron chi connectivity index (χ4n) is 3.59. The minimum Gasteiger partial charge on any atom is -0.474 e. The predicted octanol–water partition coefficient (Wildman–Crippen LogP) is 5.67. The summed E-state index contributed by atoms with van der Waals surface area (Å²) in [7, 11) is 0. The van der Waals surface area contributed by atoms with E-state index in [-0.39, 0.29) is 6.04 Å². The number of oxazole rings is 1. The van der Waals surface area contributed by atoms with Gasteiger partial charge in [0.15, 0.2) is 0 Å². The number of aromatic nitrogens is 2. The Balaban J connectivity index is 1.41. The van der Waals surface area contributed by atoms with Gasteiger partial charge in [-0.25, -0.2) is 9.98 Å². The maximum atomic E-state index is 6.30. The smallest absolute Gasteiger partial charge is 0.234 e. The molecule has 0 saturated heterocycles. The van der Waals surface area contributed by atoms with Crippen molar-refractivity contribution in [2.24, 2.45) is 4.99 Å². The number of rotatable bonds is 5. The zero-order chi connectivity index (χ0) is 20.5. The third-order valence-corrected chi connectivity index (χ3v) is 5.53. The molecule has 0 amide bonds. The molecule has 0 saturated carbocycles. The van der Waals surface area contributed by atoms with E-state index in [2.05, 4.69) is 16.7 Å². The molecule has 2 aromatic heterocycles. The number of aliphatic imine (C=N–C) groups is 1. The average molecular weight is 418 g/mol. The number of hydrogen-bond acceptors (Lipinski definition) is 4. The van der Waals surface area contributed by atoms with Crippen LogP contribution in [-0.4, -0.2) is 22.1 Å². The summed E-state index contributed by atoms with van der Waals surface area (Å²) in [5, 5.41) is 0.618. The van der Waals surface area contributed by atoms with Gasteiger partial charge < -0.3 is 13.7 Å². The summed E-state index contributed by atoms with van der Waals surface area (Å²) in [6, 6.07) is 21.8. The summed E-state index contributed by atoms with van der Waals surface area (Å²) in [4.78, 5) is 9.50. The van der Waals surface area contributed by atoms with Crippen LogP contribution in [0, 0.1) is 6.92 Å². The molecule has 6 heteroatoms. The van der Waals surface area contributed by atoms with Crippen molar-refractivity contribution < 1.29 is 9.15 Å². The van der Waals surface area contributed by atoms with E-state index in [1.54, 1.807) is 0 Å². The Labute approximate surface area is 179 Å². The fraction of sp³-hybridized carbons (Fsp3) is 0.167. The monoisotopic (exact) mass is 417 g/mol. The predicted molar refractivity (Wildman–Crippen MR) is 117 cm³/mol. The molecule has 150 valence electrons. The van der Waals surface area contributed by atoms with Gasteiger partial charge in [-0.3, -0.25) is 0 Å². The van der Waals surface area contributed by atoms with Crippen LogP contribution >= 0.6 is 11.6 Å². The van der Waals surface area contributed by atoms with Crippen LogP contribution in [0.15, 0.2) is 82.3 Å². The molecule has 1 aliphatic heterocycles. The molecule has 3 heterocycles. The van der Waals surface area contributed by atoms with Gasteiger partial charge in [0.05, 0.1) is 17.1 Å². The highest BCUT2D eigenvalue weighted by molar-refractivity contribution is 6.33. The normalized spacial score (nSPS) is 15.8. The van der Waals surface area contributed by atoms with Gasteiger partial charge in [0.1, 0.15) is 29.8 Å². The summed E-state index contributed by atoms with van der Waals surface area (Å²) < 4.78 is 13.9. The van der Waals surface area contributed by atoms with Crippen molar-refractivity contribution in [3.8, 4) is 11.5 Å². The van der Waals surface area contributed by atoms with Crippen LogP contribution in [0.25, 0.3) is 11.5 Å². The lowest BCUT2D eigenvalue weighted by Gasteiger charge is -2.07. The van der Waals surface area contributed by atoms with Crippen LogP contribution < -0.4 is 0 Å². The first-order chi connectivity index (χ1) is 14.7. The number of halogens is 1. The van der Waals surface area contributed by atoms with Crippen molar-refractivity contribution in [1.29, 1.82) is 0 Å². The summed E-state index contributed by atoms with van der Waals surface area (Å²) in [6.07, 6.45) is 2.00. The Morgan fingerprint density at radius 1 is 1.03 bits per heavy atom. The van der Waals surface area contributed by atoms with Crippen LogP contribution in [-0.2, 0) is 11.3 Å². The molecular weight excluding hydrogens is 398 g/mol. The van der Waals surface area contributed by atoms with E-state index in [9.17, 15) is 0 Å². The van der Waals surface area contributed by atoms with E-state index in [1.807, 2.05) is 67.7 Å². The molecule has 0 radical (unpaired) electrons. The van der Waals surface area contributed by atoms with Gasteiger partial charge in [0.2, 0.25) is 11.8 Å². The molecule has 4 aromatic rings. The zero-order valence-electron chi connectivity index (χ0n) is 16.5. The second kappa shape index (κ2) is 7.84. The Bertz CT molecular complexity index is 1210. The molecule has 0 unspecified atom stereocenters. The van der Waals surface area contributed by atoms with Gasteiger partial charge in [0.25, 0.3) is 0 Å². The van der Waals surface area contributed by atoms with Gasteiger partial charge in [0, 0.05) is 6.20 Å². The Kier molecular flexibility index (Phi) is 4.89. The fourth-order valence-corrected chi connectivity index (χ4v) is 3.81. The molecule has 0 aliphatic carbocycles. The molecule has 1 atom stereocenters. The number of ether oxygens (including phenoxy) is 1. The van der Waals surface area contributed by atoms with Crippen LogP contribution in [0.5, 0.6) is 0 Å². The van der Waals surface area contributed by atoms with E-state index in [4.69, 9.17) is 30.7 Å². The molecule has 0 bridgehead atoms. The van der Waals surface area contributed by atoms with Gasteiger partial charge in [-0.05, 0) is 36.8 Å². The van der Waals surface area contributed by atoms with Gasteiger partial charge in [-0.1, -0.05) is 54.1 Å². The lowest BCUT2D eigenvalue weighted by molar-refractivity contribution is 0.318. The van der Waals surface area contributed by atoms with E-state index >= 15 is 0 Å². The van der Waals surface area contributed by atoms with Crippen molar-refractivity contribution >= 4 is 17.5 Å². The molecule has 30 heavy (non-hydrogen) atoms. The molecular formula is C24H20ClN3O2. The van der Waals surface area contributed by atoms with Crippen molar-refractivity contribution in [2.75, 3.05) is 6.61 Å². The summed E-state index contributed by atoms with van der Waals surface area (Å²) >= 11 is 6.30. The standard InChI is InChI=1S/C24H20ClN3O2/c1-16-20(26-23(30-16)18-10-5-6-11-19(18)25)14-28-13-7-12-22(28)24-27-21(15-29-24)17-8-3-2-4-9-17/h2-13,21H,14-15H2,1H3/t21-/m1/s1. The third-order valence-electron chi connectivity index (χ3n) is 5.20. The molecule has 5 nitrogen and oxygen atoms in total. The number of nitrogens with zero attached hydrogens (tertiary/aromatic N) is 3. The first kappa shape index (κ1) is 18.7. The highest BCUT2D eigenvalue weighted by Gasteiger charge is 2.24. The molecule has 1 aliphatic rings. The van der Waals surface area contributed by atoms with Crippen LogP contribution in [0.3, 0.4) is 0 Å². The maximum Gasteiger partial charge on any atom is 0.234 e. The summed E-state index contributed by atoms with van der Waals surface area (Å²) in [5.74, 6) is 1.95. The Hall–Kier alpha value is -3.31. The van der Waals surface area contributed by atoms with Gasteiger partial charge in [-0.15, -0.1) is 0 Å². The van der Waals surface area contributed by atoms with E-state index in [0.29, 0.717) is 30.0 Å². The van der Waals surface area contributed by atoms with Crippen molar-refractivity contribution in [3.63, 3.8) is 0 Å². The van der Waals surface area contributed by atoms with E-state index < -0.39 is 0 Å². The SMILES string of the molecule is Cc1oc(-c2ccccc2Cl)nc1Cn1cccc1C1=N[C@@H](c2ccccc2)CO1. The van der Waals surface area contributed by atoms with Gasteiger partial charge in [-0.2, -0.15) is 0 Å². The quantitative estimate of drug-likeness (QED) is 0.420. The second-order valence-corrected chi connectivity index (χ2v) is 7.60. The zero-order valence-corrected chi connectivity index (χ0v) is 17.2. The maximum absolute atomic E-state index is 6.30. The second-order valence-electron chi connectivity index (χ2n) is 7.19. The minimum atomic E-state index is 0.0187. The average Bonchev–Trinajstić information content (AvgIpc) is 3.50. The van der Waals surface area contributed by atoms with Crippen LogP contribution in [0.2, 0.25) is 5.02 Å². The lowest BCUT2D eigenvalue weighted by Crippen LogP contribution is -2.11. The first-order valence-corrected chi connectivity index (χ1v) is 10.2. The highest BCUT2D eigenvalue weighted by atomic mass is 35.5. The first-order valence-electron chi connectivity index (χ1n) is 9.81. The lowest BCUT2D eigenvalue weighted by atomic mass is 10.1. The van der Waals surface area contributed by atoms with E-state index in [1.165, 1.54) is 0 Å².